The van der Waals surface area contributed by atoms with E-state index in [1.165, 1.54) is 12.1 Å². The first-order valence-electron chi connectivity index (χ1n) is 9.84. The zero-order chi connectivity index (χ0) is 21.7. The first-order valence-corrected chi connectivity index (χ1v) is 11.3. The van der Waals surface area contributed by atoms with Gasteiger partial charge in [-0.15, -0.1) is 0 Å². The topological polar surface area (TPSA) is 93.7 Å². The molecule has 2 N–H and O–H groups in total. The summed E-state index contributed by atoms with van der Waals surface area (Å²) in [6.07, 6.45) is -0.196. The Morgan fingerprint density at radius 2 is 1.58 bits per heavy atom. The number of carbonyl (C=O) groups excluding carboxylic acids is 1. The lowest BCUT2D eigenvalue weighted by Crippen LogP contribution is -2.40. The number of benzene rings is 3. The molecular weight excluding hydrogens is 416 g/mol. The number of hydrogen-bond donors (Lipinski definition) is 2. The molecule has 8 heteroatoms. The Morgan fingerprint density at radius 3 is 2.32 bits per heavy atom. The fourth-order valence-corrected chi connectivity index (χ4v) is 4.18. The molecule has 160 valence electrons. The van der Waals surface area contributed by atoms with Crippen molar-refractivity contribution in [3.8, 4) is 11.5 Å². The number of hydrogen-bond acceptors (Lipinski definition) is 5. The Morgan fingerprint density at radius 1 is 0.903 bits per heavy atom. The van der Waals surface area contributed by atoms with Crippen molar-refractivity contribution in [2.75, 3.05) is 18.5 Å². The fourth-order valence-electron chi connectivity index (χ4n) is 3.15. The van der Waals surface area contributed by atoms with Gasteiger partial charge < -0.3 is 14.8 Å². The van der Waals surface area contributed by atoms with Crippen LogP contribution in [0.3, 0.4) is 0 Å². The van der Waals surface area contributed by atoms with Crippen LogP contribution in [0.15, 0.2) is 83.8 Å². The van der Waals surface area contributed by atoms with Gasteiger partial charge in [0, 0.05) is 12.2 Å². The highest BCUT2D eigenvalue weighted by Crippen LogP contribution is 2.31. The number of nitrogens with one attached hydrogen (secondary N) is 2. The molecule has 0 saturated heterocycles. The molecule has 4 rings (SSSR count). The summed E-state index contributed by atoms with van der Waals surface area (Å²) in [7, 11) is -3.64. The maximum Gasteiger partial charge on any atom is 0.269 e. The number of para-hydroxylation sites is 2. The van der Waals surface area contributed by atoms with Crippen LogP contribution in [0.1, 0.15) is 5.56 Å². The molecule has 1 amide bonds. The maximum atomic E-state index is 12.5. The van der Waals surface area contributed by atoms with Crippen LogP contribution >= 0.6 is 0 Å². The molecule has 0 fully saturated rings. The third kappa shape index (κ3) is 5.22. The predicted molar refractivity (Wildman–Crippen MR) is 117 cm³/mol. The van der Waals surface area contributed by atoms with Crippen LogP contribution in [0, 0.1) is 0 Å². The van der Waals surface area contributed by atoms with Crippen LogP contribution in [0.5, 0.6) is 11.5 Å². The molecule has 1 unspecified atom stereocenters. The molecule has 1 atom stereocenters. The highest BCUT2D eigenvalue weighted by atomic mass is 32.2. The van der Waals surface area contributed by atoms with Crippen molar-refractivity contribution in [1.29, 1.82) is 0 Å². The van der Waals surface area contributed by atoms with Crippen molar-refractivity contribution in [3.05, 3.63) is 84.4 Å². The molecule has 1 aliphatic heterocycles. The molecular formula is C23H22N2O5S. The zero-order valence-corrected chi connectivity index (χ0v) is 17.5. The SMILES string of the molecule is O=C(Nc1ccc(S(=O)(=O)NCCc2ccccc2)cc1)C1COc2ccccc2O1. The normalized spacial score (nSPS) is 15.3. The van der Waals surface area contributed by atoms with Crippen molar-refractivity contribution in [3.63, 3.8) is 0 Å². The molecule has 0 aliphatic carbocycles. The average molecular weight is 439 g/mol. The number of ether oxygens (including phenoxy) is 2. The Balaban J connectivity index is 1.33. The van der Waals surface area contributed by atoms with Crippen LogP contribution < -0.4 is 19.5 Å². The Kier molecular flexibility index (Phi) is 6.20. The number of anilines is 1. The van der Waals surface area contributed by atoms with Crippen LogP contribution in [0.25, 0.3) is 0 Å². The van der Waals surface area contributed by atoms with Crippen LogP contribution in [0.4, 0.5) is 5.69 Å². The molecule has 3 aromatic rings. The second kappa shape index (κ2) is 9.20. The Hall–Kier alpha value is -3.36. The fraction of sp³-hybridized carbons (Fsp3) is 0.174. The highest BCUT2D eigenvalue weighted by molar-refractivity contribution is 7.89. The lowest BCUT2D eigenvalue weighted by atomic mass is 10.2. The minimum Gasteiger partial charge on any atom is -0.485 e. The van der Waals surface area contributed by atoms with Gasteiger partial charge in [-0.3, -0.25) is 4.79 Å². The van der Waals surface area contributed by atoms with Crippen molar-refractivity contribution < 1.29 is 22.7 Å². The molecule has 1 heterocycles. The summed E-state index contributed by atoms with van der Waals surface area (Å²) >= 11 is 0. The number of amides is 1. The lowest BCUT2D eigenvalue weighted by molar-refractivity contribution is -0.125. The number of rotatable bonds is 7. The number of fused-ring (bicyclic) bond motifs is 1. The van der Waals surface area contributed by atoms with Gasteiger partial charge in [0.1, 0.15) is 6.61 Å². The largest absolute Gasteiger partial charge is 0.485 e. The van der Waals surface area contributed by atoms with Gasteiger partial charge in [0.2, 0.25) is 16.1 Å². The van der Waals surface area contributed by atoms with E-state index >= 15 is 0 Å². The molecule has 0 aromatic heterocycles. The van der Waals surface area contributed by atoms with Gasteiger partial charge in [0.05, 0.1) is 4.90 Å². The van der Waals surface area contributed by atoms with Gasteiger partial charge in [-0.1, -0.05) is 42.5 Å². The molecule has 31 heavy (non-hydrogen) atoms. The quantitative estimate of drug-likeness (QED) is 0.592. The third-order valence-electron chi connectivity index (χ3n) is 4.78. The van der Waals surface area contributed by atoms with E-state index in [1.54, 1.807) is 30.3 Å². The van der Waals surface area contributed by atoms with Crippen molar-refractivity contribution >= 4 is 21.6 Å². The van der Waals surface area contributed by atoms with E-state index in [1.807, 2.05) is 36.4 Å². The van der Waals surface area contributed by atoms with E-state index in [0.29, 0.717) is 30.2 Å². The van der Waals surface area contributed by atoms with E-state index in [-0.39, 0.29) is 17.4 Å². The standard InChI is InChI=1S/C23H22N2O5S/c26-23(22-16-29-20-8-4-5-9-21(20)30-22)25-18-10-12-19(13-11-18)31(27,28)24-15-14-17-6-2-1-3-7-17/h1-13,22,24H,14-16H2,(H,25,26). The second-order valence-corrected chi connectivity index (χ2v) is 8.78. The summed E-state index contributed by atoms with van der Waals surface area (Å²) in [5.41, 5.74) is 1.52. The zero-order valence-electron chi connectivity index (χ0n) is 16.7. The first kappa shape index (κ1) is 20.9. The monoisotopic (exact) mass is 438 g/mol. The predicted octanol–water partition coefficient (Wildman–Crippen LogP) is 2.99. The summed E-state index contributed by atoms with van der Waals surface area (Å²) in [5.74, 6) is 0.740. The molecule has 1 aliphatic rings. The minimum absolute atomic E-state index is 0.0979. The minimum atomic E-state index is -3.64. The van der Waals surface area contributed by atoms with Gasteiger partial charge in [0.15, 0.2) is 11.5 Å². The van der Waals surface area contributed by atoms with Crippen LogP contribution in [0.2, 0.25) is 0 Å². The van der Waals surface area contributed by atoms with Crippen LogP contribution in [-0.2, 0) is 21.2 Å². The van der Waals surface area contributed by atoms with E-state index in [2.05, 4.69) is 10.0 Å². The molecule has 3 aromatic carbocycles. The van der Waals surface area contributed by atoms with E-state index < -0.39 is 16.1 Å². The average Bonchev–Trinajstić information content (AvgIpc) is 2.79. The van der Waals surface area contributed by atoms with Gasteiger partial charge in [-0.25, -0.2) is 13.1 Å². The first-order chi connectivity index (χ1) is 15.0. The molecule has 0 spiro atoms. The second-order valence-electron chi connectivity index (χ2n) is 7.01. The smallest absolute Gasteiger partial charge is 0.269 e. The molecule has 0 radical (unpaired) electrons. The summed E-state index contributed by atoms with van der Waals surface area (Å²) in [5, 5.41) is 2.73. The number of carbonyl (C=O) groups is 1. The van der Waals surface area contributed by atoms with Crippen molar-refractivity contribution in [2.45, 2.75) is 17.4 Å². The van der Waals surface area contributed by atoms with Gasteiger partial charge in [-0.05, 0) is 48.4 Å². The summed E-state index contributed by atoms with van der Waals surface area (Å²) in [6.45, 7) is 0.395. The molecule has 7 nitrogen and oxygen atoms in total. The highest BCUT2D eigenvalue weighted by Gasteiger charge is 2.27. The van der Waals surface area contributed by atoms with E-state index in [0.717, 1.165) is 5.56 Å². The van der Waals surface area contributed by atoms with Gasteiger partial charge >= 0.3 is 0 Å². The Bertz CT molecular complexity index is 1150. The number of sulfonamides is 1. The van der Waals surface area contributed by atoms with Gasteiger partial charge in [-0.2, -0.15) is 0 Å². The van der Waals surface area contributed by atoms with Crippen molar-refractivity contribution in [2.24, 2.45) is 0 Å². The van der Waals surface area contributed by atoms with E-state index in [4.69, 9.17) is 9.47 Å². The lowest BCUT2D eigenvalue weighted by Gasteiger charge is -2.25. The van der Waals surface area contributed by atoms with Gasteiger partial charge in [0.25, 0.3) is 5.91 Å². The van der Waals surface area contributed by atoms with E-state index in [9.17, 15) is 13.2 Å². The summed E-state index contributed by atoms with van der Waals surface area (Å²) in [6, 6.07) is 22.8. The molecule has 0 saturated carbocycles. The maximum absolute atomic E-state index is 12.5. The van der Waals surface area contributed by atoms with Crippen LogP contribution in [-0.4, -0.2) is 33.6 Å². The molecule has 0 bridgehead atoms. The Labute approximate surface area is 181 Å². The third-order valence-corrected chi connectivity index (χ3v) is 6.26. The summed E-state index contributed by atoms with van der Waals surface area (Å²) < 4.78 is 38.8. The summed E-state index contributed by atoms with van der Waals surface area (Å²) in [4.78, 5) is 12.6. The van der Waals surface area contributed by atoms with Crippen molar-refractivity contribution in [1.82, 2.24) is 4.72 Å².